The van der Waals surface area contributed by atoms with Crippen molar-refractivity contribution < 1.29 is 23.9 Å². The van der Waals surface area contributed by atoms with Crippen LogP contribution >= 0.6 is 0 Å². The Kier molecular flexibility index (Phi) is 5.50. The van der Waals surface area contributed by atoms with Gasteiger partial charge in [-0.1, -0.05) is 5.16 Å². The van der Waals surface area contributed by atoms with Crippen molar-refractivity contribution in [3.8, 4) is 0 Å². The van der Waals surface area contributed by atoms with Crippen LogP contribution in [0.5, 0.6) is 0 Å². The molecule has 1 N–H and O–H groups in total. The van der Waals surface area contributed by atoms with Crippen LogP contribution < -0.4 is 5.32 Å². The lowest BCUT2D eigenvalue weighted by molar-refractivity contribution is -0.146. The Hall–Kier alpha value is -2.42. The van der Waals surface area contributed by atoms with Crippen molar-refractivity contribution in [2.75, 3.05) is 6.61 Å². The fourth-order valence-corrected chi connectivity index (χ4v) is 3.08. The molecule has 0 bridgehead atoms. The standard InChI is InChI=1S/C18H26N4O5/c1-18(2,3)26-17(24)12-8-15(27-21-12)16(23)20-11-5-6-25-14(7-11)13-9-19-10-22(13)4/h9-11,14-15H,5-8H2,1-4H3,(H,20,23)/t11-,14-,15-/m0/s1. The van der Waals surface area contributed by atoms with E-state index >= 15 is 0 Å². The number of aryl methyl sites for hydroxylation is 1. The third-order valence-corrected chi connectivity index (χ3v) is 4.41. The van der Waals surface area contributed by atoms with E-state index < -0.39 is 17.7 Å². The summed E-state index contributed by atoms with van der Waals surface area (Å²) < 4.78 is 13.0. The van der Waals surface area contributed by atoms with Gasteiger partial charge in [-0.2, -0.15) is 0 Å². The number of hydrogen-bond acceptors (Lipinski definition) is 7. The first kappa shape index (κ1) is 19.3. The molecule has 148 valence electrons. The average Bonchev–Trinajstić information content (AvgIpc) is 3.22. The van der Waals surface area contributed by atoms with Gasteiger partial charge < -0.3 is 24.2 Å². The molecule has 2 aliphatic rings. The lowest BCUT2D eigenvalue weighted by atomic mass is 10.0. The van der Waals surface area contributed by atoms with Gasteiger partial charge in [0, 0.05) is 26.1 Å². The highest BCUT2D eigenvalue weighted by molar-refractivity contribution is 6.37. The molecule has 3 rings (SSSR count). The van der Waals surface area contributed by atoms with E-state index in [0.717, 1.165) is 5.69 Å². The molecule has 3 heterocycles. The number of nitrogens with zero attached hydrogens (tertiary/aromatic N) is 3. The number of carbonyl (C=O) groups excluding carboxylic acids is 2. The van der Waals surface area contributed by atoms with Crippen molar-refractivity contribution in [2.45, 2.75) is 63.9 Å². The van der Waals surface area contributed by atoms with Gasteiger partial charge in [-0.25, -0.2) is 9.78 Å². The van der Waals surface area contributed by atoms with Crippen LogP contribution in [0.2, 0.25) is 0 Å². The summed E-state index contributed by atoms with van der Waals surface area (Å²) in [6.07, 6.45) is 4.04. The molecule has 1 aromatic heterocycles. The average molecular weight is 378 g/mol. The number of carbonyl (C=O) groups is 2. The topological polar surface area (TPSA) is 104 Å². The maximum absolute atomic E-state index is 12.5. The molecule has 0 unspecified atom stereocenters. The summed E-state index contributed by atoms with van der Waals surface area (Å²) >= 11 is 0. The molecule has 1 fully saturated rings. The zero-order valence-corrected chi connectivity index (χ0v) is 16.1. The molecular formula is C18H26N4O5. The highest BCUT2D eigenvalue weighted by Crippen LogP contribution is 2.28. The number of amides is 1. The number of oxime groups is 1. The summed E-state index contributed by atoms with van der Waals surface area (Å²) in [5.74, 6) is -0.840. The van der Waals surface area contributed by atoms with E-state index in [9.17, 15) is 9.59 Å². The van der Waals surface area contributed by atoms with Crippen molar-refractivity contribution in [2.24, 2.45) is 12.2 Å². The quantitative estimate of drug-likeness (QED) is 0.791. The van der Waals surface area contributed by atoms with Crippen molar-refractivity contribution in [3.05, 3.63) is 18.2 Å². The van der Waals surface area contributed by atoms with E-state index in [1.165, 1.54) is 0 Å². The van der Waals surface area contributed by atoms with Crippen molar-refractivity contribution in [1.29, 1.82) is 0 Å². The van der Waals surface area contributed by atoms with Crippen molar-refractivity contribution >= 4 is 17.6 Å². The van der Waals surface area contributed by atoms with Crippen LogP contribution in [0.1, 0.15) is 51.8 Å². The summed E-state index contributed by atoms with van der Waals surface area (Å²) in [5.41, 5.74) is 0.481. The van der Waals surface area contributed by atoms with Gasteiger partial charge in [-0.15, -0.1) is 0 Å². The summed E-state index contributed by atoms with van der Waals surface area (Å²) in [6, 6.07) is -0.0414. The van der Waals surface area contributed by atoms with Crippen LogP contribution in [0.4, 0.5) is 0 Å². The maximum Gasteiger partial charge on any atom is 0.356 e. The fourth-order valence-electron chi connectivity index (χ4n) is 3.08. The number of ether oxygens (including phenoxy) is 2. The predicted molar refractivity (Wildman–Crippen MR) is 95.8 cm³/mol. The number of nitrogens with one attached hydrogen (secondary N) is 1. The van der Waals surface area contributed by atoms with Crippen molar-refractivity contribution in [1.82, 2.24) is 14.9 Å². The van der Waals surface area contributed by atoms with E-state index in [1.54, 1.807) is 33.3 Å². The Bertz CT molecular complexity index is 736. The highest BCUT2D eigenvalue weighted by atomic mass is 16.7. The molecule has 9 heteroatoms. The molecule has 2 aliphatic heterocycles. The largest absolute Gasteiger partial charge is 0.455 e. The smallest absolute Gasteiger partial charge is 0.356 e. The van der Waals surface area contributed by atoms with Gasteiger partial charge in [0.15, 0.2) is 5.71 Å². The summed E-state index contributed by atoms with van der Waals surface area (Å²) in [7, 11) is 1.91. The monoisotopic (exact) mass is 378 g/mol. The number of esters is 1. The fraction of sp³-hybridized carbons (Fsp3) is 0.667. The minimum Gasteiger partial charge on any atom is -0.455 e. The van der Waals surface area contributed by atoms with Crippen LogP contribution in [0.25, 0.3) is 0 Å². The van der Waals surface area contributed by atoms with Gasteiger partial charge in [0.1, 0.15) is 11.7 Å². The van der Waals surface area contributed by atoms with E-state index in [4.69, 9.17) is 14.3 Å². The van der Waals surface area contributed by atoms with Crippen LogP contribution in [0, 0.1) is 0 Å². The lowest BCUT2D eigenvalue weighted by Crippen LogP contribution is -2.45. The van der Waals surface area contributed by atoms with Crippen LogP contribution in [-0.4, -0.2) is 51.5 Å². The minimum absolute atomic E-state index is 0.0414. The van der Waals surface area contributed by atoms with E-state index in [1.807, 2.05) is 11.6 Å². The van der Waals surface area contributed by atoms with E-state index in [2.05, 4.69) is 15.5 Å². The van der Waals surface area contributed by atoms with Crippen molar-refractivity contribution in [3.63, 3.8) is 0 Å². The predicted octanol–water partition coefficient (Wildman–Crippen LogP) is 1.24. The Labute approximate surface area is 158 Å². The van der Waals surface area contributed by atoms with E-state index in [-0.39, 0.29) is 30.2 Å². The second-order valence-electron chi connectivity index (χ2n) is 7.86. The molecule has 1 amide bonds. The first-order chi connectivity index (χ1) is 12.7. The molecule has 1 aromatic rings. The zero-order valence-electron chi connectivity index (χ0n) is 16.1. The molecular weight excluding hydrogens is 352 g/mol. The van der Waals surface area contributed by atoms with Gasteiger partial charge in [0.25, 0.3) is 5.91 Å². The molecule has 0 radical (unpaired) electrons. The zero-order chi connectivity index (χ0) is 19.6. The maximum atomic E-state index is 12.5. The molecule has 0 spiro atoms. The van der Waals surface area contributed by atoms with Gasteiger partial charge in [-0.05, 0) is 33.6 Å². The summed E-state index contributed by atoms with van der Waals surface area (Å²) in [5, 5.41) is 6.71. The molecule has 1 saturated heterocycles. The summed E-state index contributed by atoms with van der Waals surface area (Å²) in [6.45, 7) is 5.87. The molecule has 3 atom stereocenters. The Balaban J connectivity index is 1.51. The van der Waals surface area contributed by atoms with Gasteiger partial charge in [0.05, 0.1) is 18.2 Å². The summed E-state index contributed by atoms with van der Waals surface area (Å²) in [4.78, 5) is 33.8. The van der Waals surface area contributed by atoms with E-state index in [0.29, 0.717) is 19.4 Å². The van der Waals surface area contributed by atoms with Gasteiger partial charge in [-0.3, -0.25) is 4.79 Å². The van der Waals surface area contributed by atoms with Crippen LogP contribution in [0.3, 0.4) is 0 Å². The molecule has 0 saturated carbocycles. The lowest BCUT2D eigenvalue weighted by Gasteiger charge is -2.30. The third kappa shape index (κ3) is 4.85. The first-order valence-electron chi connectivity index (χ1n) is 9.07. The van der Waals surface area contributed by atoms with Gasteiger partial charge >= 0.3 is 5.97 Å². The van der Waals surface area contributed by atoms with Crippen LogP contribution in [-0.2, 0) is 30.9 Å². The second-order valence-corrected chi connectivity index (χ2v) is 7.86. The third-order valence-electron chi connectivity index (χ3n) is 4.41. The number of imidazole rings is 1. The minimum atomic E-state index is -0.814. The van der Waals surface area contributed by atoms with Gasteiger partial charge in [0.2, 0.25) is 6.10 Å². The normalized spacial score (nSPS) is 25.5. The SMILES string of the molecule is Cn1cncc1[C@@H]1C[C@@H](NC(=O)[C@@H]2CC(C(=O)OC(C)(C)C)=NO2)CCO1. The Morgan fingerprint density at radius 3 is 2.81 bits per heavy atom. The molecule has 0 aromatic carbocycles. The second kappa shape index (κ2) is 7.67. The number of hydrogen-bond donors (Lipinski definition) is 1. The number of rotatable bonds is 4. The highest BCUT2D eigenvalue weighted by Gasteiger charge is 2.36. The van der Waals surface area contributed by atoms with Crippen LogP contribution in [0.15, 0.2) is 17.7 Å². The number of aromatic nitrogens is 2. The molecule has 27 heavy (non-hydrogen) atoms. The molecule has 9 nitrogen and oxygen atoms in total. The first-order valence-corrected chi connectivity index (χ1v) is 9.07. The Morgan fingerprint density at radius 1 is 1.37 bits per heavy atom. The molecule has 0 aliphatic carbocycles. The Morgan fingerprint density at radius 2 is 2.15 bits per heavy atom.